The number of nitrogens with zero attached hydrogens (tertiary/aromatic N) is 2. The van der Waals surface area contributed by atoms with E-state index in [1.54, 1.807) is 0 Å². The van der Waals surface area contributed by atoms with Gasteiger partial charge in [0.15, 0.2) is 0 Å². The van der Waals surface area contributed by atoms with Gasteiger partial charge >= 0.3 is 0 Å². The van der Waals surface area contributed by atoms with Crippen molar-refractivity contribution in [2.75, 3.05) is 0 Å². The first kappa shape index (κ1) is 9.63. The van der Waals surface area contributed by atoms with E-state index >= 15 is 0 Å². The lowest BCUT2D eigenvalue weighted by molar-refractivity contribution is 1.02. The van der Waals surface area contributed by atoms with Gasteiger partial charge in [-0.1, -0.05) is 23.7 Å². The van der Waals surface area contributed by atoms with Crippen molar-refractivity contribution in [3.05, 3.63) is 47.2 Å². The molecule has 4 heteroatoms. The third kappa shape index (κ3) is 1.29. The van der Waals surface area contributed by atoms with Crippen LogP contribution in [0.3, 0.4) is 0 Å². The highest BCUT2D eigenvalue weighted by atomic mass is 35.5. The summed E-state index contributed by atoms with van der Waals surface area (Å²) in [5.74, 6) is 0. The van der Waals surface area contributed by atoms with Crippen LogP contribution < -0.4 is 5.73 Å². The Morgan fingerprint density at radius 2 is 2.12 bits per heavy atom. The molecule has 0 bridgehead atoms. The summed E-state index contributed by atoms with van der Waals surface area (Å²) in [7, 11) is 0. The lowest BCUT2D eigenvalue weighted by Crippen LogP contribution is -1.95. The number of aromatic nitrogens is 2. The van der Waals surface area contributed by atoms with E-state index in [9.17, 15) is 0 Å². The van der Waals surface area contributed by atoms with Crippen molar-refractivity contribution in [3.8, 4) is 0 Å². The minimum Gasteiger partial charge on any atom is -0.325 e. The molecule has 3 nitrogen and oxygen atoms in total. The number of rotatable bonds is 1. The minimum absolute atomic E-state index is 0.438. The monoisotopic (exact) mass is 231 g/mol. The summed E-state index contributed by atoms with van der Waals surface area (Å²) in [6.07, 6.45) is 1.93. The Morgan fingerprint density at radius 3 is 2.94 bits per heavy atom. The average Bonchev–Trinajstić information content (AvgIpc) is 2.72. The molecule has 80 valence electrons. The van der Waals surface area contributed by atoms with Crippen LogP contribution in [-0.4, -0.2) is 9.38 Å². The standard InChI is InChI=1S/C12H10ClN3/c13-10-3-1-2-8-4-5-11-15-9(6-14)7-16(11)12(8)10/h1-5,7H,6,14H2. The number of imidazole rings is 1. The number of benzene rings is 1. The van der Waals surface area contributed by atoms with Crippen LogP contribution in [-0.2, 0) is 6.54 Å². The fraction of sp³-hybridized carbons (Fsp3) is 0.0833. The van der Waals surface area contributed by atoms with Crippen molar-refractivity contribution < 1.29 is 0 Å². The van der Waals surface area contributed by atoms with Crippen LogP contribution in [0.4, 0.5) is 0 Å². The van der Waals surface area contributed by atoms with E-state index in [1.807, 2.05) is 40.9 Å². The second-order valence-electron chi connectivity index (χ2n) is 3.68. The van der Waals surface area contributed by atoms with Gasteiger partial charge in [-0.05, 0) is 18.2 Å². The van der Waals surface area contributed by atoms with Crippen molar-refractivity contribution in [1.29, 1.82) is 0 Å². The topological polar surface area (TPSA) is 43.3 Å². The normalized spacial score (nSPS) is 11.4. The average molecular weight is 232 g/mol. The molecule has 2 N–H and O–H groups in total. The van der Waals surface area contributed by atoms with Gasteiger partial charge in [0.2, 0.25) is 0 Å². The zero-order chi connectivity index (χ0) is 11.1. The molecule has 0 spiro atoms. The highest BCUT2D eigenvalue weighted by molar-refractivity contribution is 6.35. The molecule has 3 aromatic rings. The summed E-state index contributed by atoms with van der Waals surface area (Å²) >= 11 is 6.21. The second-order valence-corrected chi connectivity index (χ2v) is 4.08. The summed E-state index contributed by atoms with van der Waals surface area (Å²) in [5.41, 5.74) is 8.31. The van der Waals surface area contributed by atoms with Crippen molar-refractivity contribution in [1.82, 2.24) is 9.38 Å². The molecule has 2 aromatic heterocycles. The first-order valence-corrected chi connectivity index (χ1v) is 5.42. The second kappa shape index (κ2) is 3.47. The Balaban J connectivity index is 2.51. The fourth-order valence-electron chi connectivity index (χ4n) is 1.93. The number of fused-ring (bicyclic) bond motifs is 3. The molecule has 0 aliphatic rings. The van der Waals surface area contributed by atoms with Crippen molar-refractivity contribution in [2.45, 2.75) is 6.54 Å². The van der Waals surface area contributed by atoms with Crippen LogP contribution in [0.25, 0.3) is 16.6 Å². The van der Waals surface area contributed by atoms with Gasteiger partial charge < -0.3 is 5.73 Å². The first-order valence-electron chi connectivity index (χ1n) is 5.05. The van der Waals surface area contributed by atoms with Gasteiger partial charge in [0, 0.05) is 18.1 Å². The van der Waals surface area contributed by atoms with Crippen molar-refractivity contribution in [3.63, 3.8) is 0 Å². The number of nitrogens with two attached hydrogens (primary N) is 1. The number of para-hydroxylation sites is 1. The van der Waals surface area contributed by atoms with Gasteiger partial charge in [0.1, 0.15) is 5.65 Å². The van der Waals surface area contributed by atoms with Crippen LogP contribution in [0.1, 0.15) is 5.69 Å². The molecule has 1 aromatic carbocycles. The third-order valence-electron chi connectivity index (χ3n) is 2.66. The van der Waals surface area contributed by atoms with Gasteiger partial charge in [-0.3, -0.25) is 4.40 Å². The smallest absolute Gasteiger partial charge is 0.137 e. The molecular weight excluding hydrogens is 222 g/mol. The third-order valence-corrected chi connectivity index (χ3v) is 2.97. The van der Waals surface area contributed by atoms with Gasteiger partial charge in [0.05, 0.1) is 16.2 Å². The zero-order valence-electron chi connectivity index (χ0n) is 8.52. The van der Waals surface area contributed by atoms with Crippen LogP contribution in [0.5, 0.6) is 0 Å². The molecule has 0 atom stereocenters. The van der Waals surface area contributed by atoms with Gasteiger partial charge in [0.25, 0.3) is 0 Å². The Hall–Kier alpha value is -1.58. The predicted molar refractivity (Wildman–Crippen MR) is 65.6 cm³/mol. The maximum absolute atomic E-state index is 6.21. The molecule has 0 fully saturated rings. The van der Waals surface area contributed by atoms with Gasteiger partial charge in [-0.25, -0.2) is 4.98 Å². The minimum atomic E-state index is 0.438. The fourth-order valence-corrected chi connectivity index (χ4v) is 2.20. The Morgan fingerprint density at radius 1 is 1.25 bits per heavy atom. The molecule has 3 rings (SSSR count). The number of hydrogen-bond acceptors (Lipinski definition) is 2. The van der Waals surface area contributed by atoms with Crippen molar-refractivity contribution >= 4 is 28.2 Å². The summed E-state index contributed by atoms with van der Waals surface area (Å²) < 4.78 is 1.99. The maximum atomic E-state index is 6.21. The van der Waals surface area contributed by atoms with Crippen molar-refractivity contribution in [2.24, 2.45) is 5.73 Å². The molecule has 0 aliphatic heterocycles. The lowest BCUT2D eigenvalue weighted by atomic mass is 10.2. The molecule has 2 heterocycles. The molecule has 0 saturated heterocycles. The summed E-state index contributed by atoms with van der Waals surface area (Å²) in [4.78, 5) is 4.40. The summed E-state index contributed by atoms with van der Waals surface area (Å²) in [6, 6.07) is 9.84. The van der Waals surface area contributed by atoms with E-state index < -0.39 is 0 Å². The van der Waals surface area contributed by atoms with Crippen LogP contribution in [0.2, 0.25) is 5.02 Å². The lowest BCUT2D eigenvalue weighted by Gasteiger charge is -2.03. The SMILES string of the molecule is NCc1cn2c(ccc3cccc(Cl)c32)n1. The Bertz CT molecular complexity index is 672. The number of pyridine rings is 1. The highest BCUT2D eigenvalue weighted by Gasteiger charge is 2.06. The molecule has 0 radical (unpaired) electrons. The van der Waals surface area contributed by atoms with E-state index in [0.29, 0.717) is 6.54 Å². The zero-order valence-corrected chi connectivity index (χ0v) is 9.28. The van der Waals surface area contributed by atoms with E-state index in [1.165, 1.54) is 0 Å². The van der Waals surface area contributed by atoms with Crippen LogP contribution >= 0.6 is 11.6 Å². The molecule has 0 saturated carbocycles. The summed E-state index contributed by atoms with van der Waals surface area (Å²) in [6.45, 7) is 0.438. The number of halogens is 1. The Labute approximate surface area is 97.5 Å². The van der Waals surface area contributed by atoms with Crippen LogP contribution in [0, 0.1) is 0 Å². The van der Waals surface area contributed by atoms with E-state index in [4.69, 9.17) is 17.3 Å². The van der Waals surface area contributed by atoms with E-state index in [2.05, 4.69) is 4.98 Å². The molecule has 16 heavy (non-hydrogen) atoms. The summed E-state index contributed by atoms with van der Waals surface area (Å²) in [5, 5.41) is 1.82. The maximum Gasteiger partial charge on any atom is 0.137 e. The van der Waals surface area contributed by atoms with Gasteiger partial charge in [-0.2, -0.15) is 0 Å². The molecule has 0 amide bonds. The van der Waals surface area contributed by atoms with Crippen LogP contribution in [0.15, 0.2) is 36.5 Å². The Kier molecular flexibility index (Phi) is 2.09. The molecular formula is C12H10ClN3. The molecule has 0 aliphatic carbocycles. The highest BCUT2D eigenvalue weighted by Crippen LogP contribution is 2.24. The molecule has 0 unspecified atom stereocenters. The largest absolute Gasteiger partial charge is 0.325 e. The first-order chi connectivity index (χ1) is 7.79. The predicted octanol–water partition coefficient (Wildman–Crippen LogP) is 2.60. The number of hydrogen-bond donors (Lipinski definition) is 1. The van der Waals surface area contributed by atoms with Gasteiger partial charge in [-0.15, -0.1) is 0 Å². The van der Waals surface area contributed by atoms with E-state index in [0.717, 1.165) is 27.3 Å². The van der Waals surface area contributed by atoms with E-state index in [-0.39, 0.29) is 0 Å². The quantitative estimate of drug-likeness (QED) is 0.700.